The van der Waals surface area contributed by atoms with Gasteiger partial charge in [0.05, 0.1) is 0 Å². The Bertz CT molecular complexity index is 56.4. The number of rotatable bonds is 3. The summed E-state index contributed by atoms with van der Waals surface area (Å²) in [5.74, 6) is 0.839. The van der Waals surface area contributed by atoms with Gasteiger partial charge in [-0.1, -0.05) is 13.8 Å². The second-order valence-corrected chi connectivity index (χ2v) is 6.65. The quantitative estimate of drug-likeness (QED) is 0.523. The third-order valence-electron chi connectivity index (χ3n) is 1.21. The van der Waals surface area contributed by atoms with E-state index in [1.807, 2.05) is 0 Å². The van der Waals surface area contributed by atoms with Gasteiger partial charge in [0.25, 0.3) is 0 Å². The van der Waals surface area contributed by atoms with E-state index >= 15 is 0 Å². The predicted octanol–water partition coefficient (Wildman–Crippen LogP) is 0.293. The van der Waals surface area contributed by atoms with Crippen LogP contribution in [0.1, 0.15) is 13.8 Å². The third kappa shape index (κ3) is 4.55. The maximum atomic E-state index is 5.34. The second-order valence-electron chi connectivity index (χ2n) is 2.68. The Morgan fingerprint density at radius 3 is 2.25 bits per heavy atom. The molecule has 0 saturated heterocycles. The van der Waals surface area contributed by atoms with Gasteiger partial charge in [0.15, 0.2) is 9.04 Å². The lowest BCUT2D eigenvalue weighted by Gasteiger charge is -2.09. The van der Waals surface area contributed by atoms with E-state index in [0.29, 0.717) is 0 Å². The smallest absolute Gasteiger partial charge is 0.159 e. The molecular weight excluding hydrogens is 132 g/mol. The van der Waals surface area contributed by atoms with Gasteiger partial charge in [0.1, 0.15) is 10.5 Å². The van der Waals surface area contributed by atoms with Gasteiger partial charge in [-0.05, 0) is 18.5 Å². The van der Waals surface area contributed by atoms with Crippen LogP contribution in [0.4, 0.5) is 0 Å². The molecule has 0 amide bonds. The fraction of sp³-hybridized carbons (Fsp3) is 1.00. The Balaban J connectivity index is 3.10. The van der Waals surface area contributed by atoms with E-state index in [4.69, 9.17) is 4.12 Å². The molecule has 0 aromatic carbocycles. The molecule has 8 heavy (non-hydrogen) atoms. The molecule has 0 fully saturated rings. The molecule has 3 heteroatoms. The zero-order valence-electron chi connectivity index (χ0n) is 6.27. The van der Waals surface area contributed by atoms with Crippen molar-refractivity contribution in [1.29, 1.82) is 0 Å². The minimum atomic E-state index is -0.677. The highest BCUT2D eigenvalue weighted by atomic mass is 28.3. The van der Waals surface area contributed by atoms with Crippen LogP contribution in [0.3, 0.4) is 0 Å². The van der Waals surface area contributed by atoms with Crippen molar-refractivity contribution in [3.63, 3.8) is 0 Å². The monoisotopic (exact) mass is 148 g/mol. The maximum Gasteiger partial charge on any atom is 0.159 e. The standard InChI is InChI=1S/C5H16OSi2/c1-5(2)4-8(3)6-7/h5,8H,4H2,1-3,7H3. The van der Waals surface area contributed by atoms with Crippen molar-refractivity contribution in [3.05, 3.63) is 0 Å². The number of hydrogen-bond donors (Lipinski definition) is 0. The molecule has 0 spiro atoms. The van der Waals surface area contributed by atoms with Crippen LogP contribution in [0.5, 0.6) is 0 Å². The van der Waals surface area contributed by atoms with E-state index in [-0.39, 0.29) is 0 Å². The zero-order valence-corrected chi connectivity index (χ0v) is 9.42. The topological polar surface area (TPSA) is 9.23 Å². The van der Waals surface area contributed by atoms with E-state index < -0.39 is 9.04 Å². The van der Waals surface area contributed by atoms with Crippen LogP contribution in [0.2, 0.25) is 12.6 Å². The minimum Gasteiger partial charge on any atom is -0.466 e. The van der Waals surface area contributed by atoms with Gasteiger partial charge >= 0.3 is 0 Å². The first-order chi connectivity index (χ1) is 3.66. The lowest BCUT2D eigenvalue weighted by Crippen LogP contribution is -2.13. The Morgan fingerprint density at radius 2 is 2.12 bits per heavy atom. The van der Waals surface area contributed by atoms with Gasteiger partial charge < -0.3 is 4.12 Å². The molecule has 1 unspecified atom stereocenters. The van der Waals surface area contributed by atoms with Crippen molar-refractivity contribution >= 4 is 19.5 Å². The highest BCUT2D eigenvalue weighted by Gasteiger charge is 2.02. The molecule has 0 aliphatic rings. The zero-order chi connectivity index (χ0) is 6.57. The molecule has 50 valence electrons. The van der Waals surface area contributed by atoms with Gasteiger partial charge in [-0.25, -0.2) is 0 Å². The van der Waals surface area contributed by atoms with Crippen LogP contribution in [0.25, 0.3) is 0 Å². The van der Waals surface area contributed by atoms with Crippen molar-refractivity contribution in [2.45, 2.75) is 26.4 Å². The van der Waals surface area contributed by atoms with E-state index in [2.05, 4.69) is 20.4 Å². The molecule has 1 atom stereocenters. The summed E-state index contributed by atoms with van der Waals surface area (Å²) in [6.07, 6.45) is 0. The largest absolute Gasteiger partial charge is 0.466 e. The van der Waals surface area contributed by atoms with Crippen molar-refractivity contribution in [2.24, 2.45) is 5.92 Å². The second kappa shape index (κ2) is 4.29. The average Bonchev–Trinajstić information content (AvgIpc) is 1.65. The fourth-order valence-corrected chi connectivity index (χ4v) is 2.86. The summed E-state index contributed by atoms with van der Waals surface area (Å²) >= 11 is 0. The van der Waals surface area contributed by atoms with E-state index in [1.54, 1.807) is 0 Å². The summed E-state index contributed by atoms with van der Waals surface area (Å²) in [7, 11) is 0.263. The fourth-order valence-electron chi connectivity index (χ4n) is 0.760. The van der Waals surface area contributed by atoms with Gasteiger partial charge in [-0.2, -0.15) is 0 Å². The molecule has 1 nitrogen and oxygen atoms in total. The van der Waals surface area contributed by atoms with Crippen molar-refractivity contribution in [2.75, 3.05) is 0 Å². The number of hydrogen-bond acceptors (Lipinski definition) is 1. The van der Waals surface area contributed by atoms with E-state index in [9.17, 15) is 0 Å². The highest BCUT2D eigenvalue weighted by molar-refractivity contribution is 6.54. The van der Waals surface area contributed by atoms with Crippen LogP contribution in [-0.4, -0.2) is 19.5 Å². The first-order valence-electron chi connectivity index (χ1n) is 3.19. The molecule has 0 heterocycles. The van der Waals surface area contributed by atoms with E-state index in [1.165, 1.54) is 6.04 Å². The molecule has 0 rings (SSSR count). The van der Waals surface area contributed by atoms with Crippen LogP contribution in [-0.2, 0) is 4.12 Å². The van der Waals surface area contributed by atoms with Crippen LogP contribution >= 0.6 is 0 Å². The van der Waals surface area contributed by atoms with Crippen LogP contribution in [0, 0.1) is 5.92 Å². The normalized spacial score (nSPS) is 15.0. The lowest BCUT2D eigenvalue weighted by atomic mass is 10.3. The summed E-state index contributed by atoms with van der Waals surface area (Å²) in [5, 5.41) is 0. The molecule has 0 aromatic heterocycles. The van der Waals surface area contributed by atoms with E-state index in [0.717, 1.165) is 16.4 Å². The molecule has 0 bridgehead atoms. The summed E-state index contributed by atoms with van der Waals surface area (Å²) < 4.78 is 5.34. The molecular formula is C5H16OSi2. The molecule has 0 aromatic rings. The van der Waals surface area contributed by atoms with Crippen molar-refractivity contribution in [3.8, 4) is 0 Å². The van der Waals surface area contributed by atoms with Crippen LogP contribution < -0.4 is 0 Å². The lowest BCUT2D eigenvalue weighted by molar-refractivity contribution is 0.602. The summed E-state index contributed by atoms with van der Waals surface area (Å²) in [5.41, 5.74) is 0. The van der Waals surface area contributed by atoms with Gasteiger partial charge in [-0.3, -0.25) is 0 Å². The third-order valence-corrected chi connectivity index (χ3v) is 6.03. The average molecular weight is 148 g/mol. The highest BCUT2D eigenvalue weighted by Crippen LogP contribution is 2.04. The molecule has 0 aliphatic carbocycles. The first kappa shape index (κ1) is 8.39. The first-order valence-corrected chi connectivity index (χ1v) is 6.45. The SMILES string of the molecule is CC(C)C[SiH](C)O[SiH3]. The predicted molar refractivity (Wildman–Crippen MR) is 43.7 cm³/mol. The Hall–Kier alpha value is 0.394. The summed E-state index contributed by atoms with van der Waals surface area (Å²) in [6, 6.07) is 1.34. The van der Waals surface area contributed by atoms with Crippen molar-refractivity contribution in [1.82, 2.24) is 0 Å². The Morgan fingerprint density at radius 1 is 1.62 bits per heavy atom. The van der Waals surface area contributed by atoms with Crippen LogP contribution in [0.15, 0.2) is 0 Å². The van der Waals surface area contributed by atoms with Crippen molar-refractivity contribution < 1.29 is 4.12 Å². The Labute approximate surface area is 56.7 Å². The Kier molecular flexibility index (Phi) is 4.50. The van der Waals surface area contributed by atoms with Gasteiger partial charge in [0.2, 0.25) is 0 Å². The molecule has 0 aliphatic heterocycles. The molecule has 0 radical (unpaired) electrons. The maximum absolute atomic E-state index is 5.34. The summed E-state index contributed by atoms with van der Waals surface area (Å²) in [4.78, 5) is 0. The molecule has 0 saturated carbocycles. The molecule has 0 N–H and O–H groups in total. The van der Waals surface area contributed by atoms with Gasteiger partial charge in [-0.15, -0.1) is 0 Å². The van der Waals surface area contributed by atoms with Gasteiger partial charge in [0, 0.05) is 0 Å². The summed E-state index contributed by atoms with van der Waals surface area (Å²) in [6.45, 7) is 6.78. The minimum absolute atomic E-state index is 0.677.